The third-order valence-corrected chi connectivity index (χ3v) is 3.99. The number of nitrogens with two attached hydrogens (primary N) is 1. The van der Waals surface area contributed by atoms with Gasteiger partial charge in [-0.25, -0.2) is 0 Å². The van der Waals surface area contributed by atoms with Gasteiger partial charge in [0.05, 0.1) is 17.8 Å². The lowest BCUT2D eigenvalue weighted by atomic mass is 9.95. The Morgan fingerprint density at radius 1 is 1.50 bits per heavy atom. The smallest absolute Gasteiger partial charge is 0.0775 e. The maximum atomic E-state index is 7.10. The summed E-state index contributed by atoms with van der Waals surface area (Å²) in [5, 5.41) is 7.10. The zero-order chi connectivity index (χ0) is 13.5. The maximum absolute atomic E-state index is 7.10. The summed E-state index contributed by atoms with van der Waals surface area (Å²) in [5.74, 6) is 0.815. The molecule has 1 fully saturated rings. The average molecular weight is 253 g/mol. The second-order valence-electron chi connectivity index (χ2n) is 5.23. The minimum Gasteiger partial charge on any atom is -0.396 e. The third-order valence-electron chi connectivity index (χ3n) is 3.99. The van der Waals surface area contributed by atoms with Gasteiger partial charge in [0.2, 0.25) is 0 Å². The fourth-order valence-corrected chi connectivity index (χ4v) is 2.45. The van der Waals surface area contributed by atoms with Gasteiger partial charge in [0.25, 0.3) is 0 Å². The highest BCUT2D eigenvalue weighted by atomic mass is 16.5. The molecule has 3 atom stereocenters. The molecule has 1 heterocycles. The molecule has 0 bridgehead atoms. The van der Waals surface area contributed by atoms with E-state index in [4.69, 9.17) is 15.9 Å². The van der Waals surface area contributed by atoms with Crippen LogP contribution in [0.3, 0.4) is 0 Å². The Hall–Kier alpha value is -1.03. The first-order chi connectivity index (χ1) is 8.58. The molecule has 4 heteroatoms. The highest BCUT2D eigenvalue weighted by Crippen LogP contribution is 2.25. The quantitative estimate of drug-likeness (QED) is 0.739. The number of nitrogens with one attached hydrogen (secondary N) is 1. The van der Waals surface area contributed by atoms with Crippen LogP contribution < -0.4 is 5.73 Å². The van der Waals surface area contributed by atoms with Gasteiger partial charge >= 0.3 is 0 Å². The van der Waals surface area contributed by atoms with Crippen LogP contribution in [0.1, 0.15) is 39.5 Å². The van der Waals surface area contributed by atoms with Gasteiger partial charge < -0.3 is 20.8 Å². The minimum absolute atomic E-state index is 0.265. The van der Waals surface area contributed by atoms with Crippen molar-refractivity contribution >= 4 is 6.21 Å². The topological polar surface area (TPSA) is 62.3 Å². The van der Waals surface area contributed by atoms with Gasteiger partial charge in [0.1, 0.15) is 0 Å². The average Bonchev–Trinajstić information content (AvgIpc) is 2.62. The van der Waals surface area contributed by atoms with Crippen molar-refractivity contribution in [2.24, 2.45) is 11.7 Å². The van der Waals surface area contributed by atoms with Gasteiger partial charge in [-0.15, -0.1) is 0 Å². The second-order valence-corrected chi connectivity index (χ2v) is 5.23. The van der Waals surface area contributed by atoms with Gasteiger partial charge in [-0.3, -0.25) is 0 Å². The number of rotatable bonds is 5. The normalized spacial score (nSPS) is 27.4. The van der Waals surface area contributed by atoms with Crippen LogP contribution in [0.5, 0.6) is 0 Å². The Morgan fingerprint density at radius 2 is 2.22 bits per heavy atom. The number of hydrogen-bond donors (Lipinski definition) is 2. The Kier molecular flexibility index (Phi) is 6.19. The molecule has 0 aromatic heterocycles. The Bertz CT molecular complexity index is 291. The molecule has 0 aliphatic carbocycles. The van der Waals surface area contributed by atoms with Crippen molar-refractivity contribution in [3.63, 3.8) is 0 Å². The van der Waals surface area contributed by atoms with E-state index >= 15 is 0 Å². The molecule has 1 unspecified atom stereocenters. The largest absolute Gasteiger partial charge is 0.396 e. The van der Waals surface area contributed by atoms with Crippen molar-refractivity contribution in [3.05, 3.63) is 11.9 Å². The van der Waals surface area contributed by atoms with E-state index in [1.807, 2.05) is 13.2 Å². The van der Waals surface area contributed by atoms with Gasteiger partial charge in [0, 0.05) is 26.1 Å². The van der Waals surface area contributed by atoms with Crippen molar-refractivity contribution in [2.75, 3.05) is 13.7 Å². The van der Waals surface area contributed by atoms with Crippen LogP contribution in [-0.2, 0) is 4.74 Å². The van der Waals surface area contributed by atoms with Crippen molar-refractivity contribution in [2.45, 2.75) is 51.7 Å². The van der Waals surface area contributed by atoms with E-state index in [2.05, 4.69) is 18.7 Å². The van der Waals surface area contributed by atoms with Crippen LogP contribution in [0.4, 0.5) is 0 Å². The molecule has 1 rings (SSSR count). The fourth-order valence-electron chi connectivity index (χ4n) is 2.45. The minimum atomic E-state index is 0.265. The van der Waals surface area contributed by atoms with Crippen molar-refractivity contribution in [1.29, 1.82) is 5.41 Å². The summed E-state index contributed by atoms with van der Waals surface area (Å²) < 4.78 is 5.96. The molecule has 4 nitrogen and oxygen atoms in total. The van der Waals surface area contributed by atoms with E-state index < -0.39 is 0 Å². The van der Waals surface area contributed by atoms with Crippen LogP contribution in [0.25, 0.3) is 0 Å². The van der Waals surface area contributed by atoms with Crippen LogP contribution in [-0.4, -0.2) is 36.9 Å². The third kappa shape index (κ3) is 4.33. The summed E-state index contributed by atoms with van der Waals surface area (Å²) >= 11 is 0. The summed E-state index contributed by atoms with van der Waals surface area (Å²) in [7, 11) is 1.99. The summed E-state index contributed by atoms with van der Waals surface area (Å²) in [6, 6.07) is 0.291. The fraction of sp³-hybridized carbons (Fsp3) is 0.786. The SMILES string of the molecule is CCC1CCO[C@H]([C@@H](C)N(C)/C=C(/N)C=N)CC1. The lowest BCUT2D eigenvalue weighted by Crippen LogP contribution is -2.38. The number of likely N-dealkylation sites (N-methyl/N-ethyl adjacent to an activating group) is 1. The Balaban J connectivity index is 2.55. The molecule has 1 aliphatic rings. The standard InChI is InChI=1S/C14H27N3O/c1-4-12-5-6-14(18-8-7-12)11(2)17(3)10-13(16)9-15/h9-12,14-15H,4-8,16H2,1-3H3/b13-10+,15-9?/t11-,12?,14+/m1/s1. The Labute approximate surface area is 111 Å². The molecule has 0 spiro atoms. The number of hydrogen-bond acceptors (Lipinski definition) is 4. The summed E-state index contributed by atoms with van der Waals surface area (Å²) in [6.45, 7) is 5.28. The summed E-state index contributed by atoms with van der Waals surface area (Å²) in [6.07, 6.45) is 8.04. The number of ether oxygens (including phenoxy) is 1. The zero-order valence-corrected chi connectivity index (χ0v) is 11.9. The highest BCUT2D eigenvalue weighted by molar-refractivity contribution is 5.73. The van der Waals surface area contributed by atoms with Crippen molar-refractivity contribution in [1.82, 2.24) is 4.90 Å². The van der Waals surface area contributed by atoms with Gasteiger partial charge in [-0.05, 0) is 32.1 Å². The molecule has 3 N–H and O–H groups in total. The molecule has 0 amide bonds. The van der Waals surface area contributed by atoms with Crippen LogP contribution >= 0.6 is 0 Å². The van der Waals surface area contributed by atoms with Crippen molar-refractivity contribution in [3.8, 4) is 0 Å². The summed E-state index contributed by atoms with van der Waals surface area (Å²) in [5.41, 5.74) is 6.13. The maximum Gasteiger partial charge on any atom is 0.0775 e. The first-order valence-electron chi connectivity index (χ1n) is 6.89. The van der Waals surface area contributed by atoms with Crippen LogP contribution in [0.2, 0.25) is 0 Å². The molecular weight excluding hydrogens is 226 g/mol. The van der Waals surface area contributed by atoms with Crippen molar-refractivity contribution < 1.29 is 4.74 Å². The molecule has 0 saturated carbocycles. The van der Waals surface area contributed by atoms with E-state index in [9.17, 15) is 0 Å². The van der Waals surface area contributed by atoms with Crippen LogP contribution in [0.15, 0.2) is 11.9 Å². The lowest BCUT2D eigenvalue weighted by molar-refractivity contribution is 0.0128. The molecule has 0 aromatic carbocycles. The predicted molar refractivity (Wildman–Crippen MR) is 75.7 cm³/mol. The monoisotopic (exact) mass is 253 g/mol. The molecule has 0 radical (unpaired) electrons. The van der Waals surface area contributed by atoms with E-state index in [-0.39, 0.29) is 6.10 Å². The molecule has 1 aliphatic heterocycles. The number of nitrogens with zero attached hydrogens (tertiary/aromatic N) is 1. The summed E-state index contributed by atoms with van der Waals surface area (Å²) in [4.78, 5) is 2.05. The molecule has 0 aromatic rings. The Morgan fingerprint density at radius 3 is 2.83 bits per heavy atom. The molecular formula is C14H27N3O. The van der Waals surface area contributed by atoms with E-state index in [0.717, 1.165) is 18.9 Å². The zero-order valence-electron chi connectivity index (χ0n) is 11.9. The van der Waals surface area contributed by atoms with Gasteiger partial charge in [-0.1, -0.05) is 13.3 Å². The molecule has 18 heavy (non-hydrogen) atoms. The predicted octanol–water partition coefficient (Wildman–Crippen LogP) is 2.35. The lowest BCUT2D eigenvalue weighted by Gasteiger charge is -2.30. The first-order valence-corrected chi connectivity index (χ1v) is 6.89. The number of allylic oxidation sites excluding steroid dienone is 1. The highest BCUT2D eigenvalue weighted by Gasteiger charge is 2.24. The van der Waals surface area contributed by atoms with Crippen LogP contribution in [0, 0.1) is 11.3 Å². The second kappa shape index (κ2) is 7.41. The molecule has 1 saturated heterocycles. The van der Waals surface area contributed by atoms with E-state index in [1.165, 1.54) is 25.5 Å². The van der Waals surface area contributed by atoms with Gasteiger partial charge in [-0.2, -0.15) is 0 Å². The first kappa shape index (κ1) is 15.0. The van der Waals surface area contributed by atoms with E-state index in [1.54, 1.807) is 0 Å². The van der Waals surface area contributed by atoms with E-state index in [0.29, 0.717) is 11.7 Å². The van der Waals surface area contributed by atoms with Gasteiger partial charge in [0.15, 0.2) is 0 Å². The molecule has 104 valence electrons.